The Labute approximate surface area is 129 Å². The fourth-order valence-electron chi connectivity index (χ4n) is 1.67. The molecule has 1 atom stereocenters. The maximum Gasteiger partial charge on any atom is 0.145 e. The van der Waals surface area contributed by atoms with Crippen LogP contribution < -0.4 is 10.5 Å². The summed E-state index contributed by atoms with van der Waals surface area (Å²) < 4.78 is 5.71. The molecule has 0 bridgehead atoms. The molecule has 0 radical (unpaired) electrons. The Morgan fingerprint density at radius 1 is 1.25 bits per heavy atom. The zero-order valence-corrected chi connectivity index (χ0v) is 12.4. The molecule has 0 aromatic heterocycles. The molecule has 2 aromatic rings. The molecule has 2 aromatic carbocycles. The normalized spacial score (nSPS) is 11.1. The van der Waals surface area contributed by atoms with Gasteiger partial charge in [0.2, 0.25) is 0 Å². The van der Waals surface area contributed by atoms with Crippen molar-refractivity contribution in [1.82, 2.24) is 0 Å². The van der Waals surface area contributed by atoms with Gasteiger partial charge in [-0.2, -0.15) is 5.26 Å². The molecule has 2 rings (SSSR count). The average Bonchev–Trinajstić information content (AvgIpc) is 2.41. The molecule has 20 heavy (non-hydrogen) atoms. The first-order chi connectivity index (χ1) is 9.10. The molecule has 2 N–H and O–H groups in total. The van der Waals surface area contributed by atoms with Gasteiger partial charge >= 0.3 is 0 Å². The Morgan fingerprint density at radius 2 is 2.00 bits per heavy atom. The van der Waals surface area contributed by atoms with Gasteiger partial charge in [0, 0.05) is 11.1 Å². The van der Waals surface area contributed by atoms with Gasteiger partial charge in [0.1, 0.15) is 17.6 Å². The highest BCUT2D eigenvalue weighted by molar-refractivity contribution is 6.30. The summed E-state index contributed by atoms with van der Waals surface area (Å²) in [5.74, 6) is 1.13. The molecule has 5 heteroatoms. The molecule has 104 valence electrons. The number of nitrogens with zero attached hydrogens (tertiary/aromatic N) is 1. The number of hydrogen-bond donors (Lipinski definition) is 1. The SMILES string of the molecule is CC(N)c1cccc(Oc2ccc(Cl)cc2C#N)c1.Cl. The number of nitrogens with two attached hydrogens (primary N) is 1. The topological polar surface area (TPSA) is 59.0 Å². The van der Waals surface area contributed by atoms with E-state index in [0.29, 0.717) is 22.1 Å². The number of benzene rings is 2. The van der Waals surface area contributed by atoms with Crippen LogP contribution in [0.25, 0.3) is 0 Å². The summed E-state index contributed by atoms with van der Waals surface area (Å²) in [5, 5.41) is 9.56. The second-order valence-corrected chi connectivity index (χ2v) is 4.65. The number of hydrogen-bond acceptors (Lipinski definition) is 3. The third-order valence-corrected chi connectivity index (χ3v) is 2.91. The minimum absolute atomic E-state index is 0. The van der Waals surface area contributed by atoms with Crippen LogP contribution in [0.4, 0.5) is 0 Å². The zero-order valence-electron chi connectivity index (χ0n) is 10.8. The molecule has 0 fully saturated rings. The summed E-state index contributed by atoms with van der Waals surface area (Å²) in [4.78, 5) is 0. The summed E-state index contributed by atoms with van der Waals surface area (Å²) in [6.45, 7) is 1.90. The van der Waals surface area contributed by atoms with Crippen molar-refractivity contribution < 1.29 is 4.74 Å². The van der Waals surface area contributed by atoms with Crippen LogP contribution in [-0.2, 0) is 0 Å². The van der Waals surface area contributed by atoms with Gasteiger partial charge in [-0.3, -0.25) is 0 Å². The van der Waals surface area contributed by atoms with Gasteiger partial charge in [0.05, 0.1) is 5.56 Å². The summed E-state index contributed by atoms with van der Waals surface area (Å²) in [7, 11) is 0. The van der Waals surface area contributed by atoms with E-state index in [1.807, 2.05) is 31.2 Å². The lowest BCUT2D eigenvalue weighted by molar-refractivity contribution is 0.480. The lowest BCUT2D eigenvalue weighted by Crippen LogP contribution is -2.04. The number of rotatable bonds is 3. The fourth-order valence-corrected chi connectivity index (χ4v) is 1.84. The second-order valence-electron chi connectivity index (χ2n) is 4.22. The molecule has 0 aliphatic rings. The summed E-state index contributed by atoms with van der Waals surface area (Å²) in [5.41, 5.74) is 7.20. The zero-order chi connectivity index (χ0) is 13.8. The van der Waals surface area contributed by atoms with Crippen molar-refractivity contribution in [3.63, 3.8) is 0 Å². The molecule has 0 amide bonds. The van der Waals surface area contributed by atoms with Crippen LogP contribution in [0, 0.1) is 11.3 Å². The quantitative estimate of drug-likeness (QED) is 0.911. The fraction of sp³-hybridized carbons (Fsp3) is 0.133. The Kier molecular flexibility index (Phi) is 5.84. The van der Waals surface area contributed by atoms with Crippen LogP contribution in [0.15, 0.2) is 42.5 Å². The van der Waals surface area contributed by atoms with Gasteiger partial charge in [-0.1, -0.05) is 23.7 Å². The predicted molar refractivity (Wildman–Crippen MR) is 82.5 cm³/mol. The monoisotopic (exact) mass is 308 g/mol. The van der Waals surface area contributed by atoms with Gasteiger partial charge in [-0.25, -0.2) is 0 Å². The molecule has 0 saturated carbocycles. The highest BCUT2D eigenvalue weighted by Gasteiger charge is 2.07. The Morgan fingerprint density at radius 3 is 2.65 bits per heavy atom. The molecular weight excluding hydrogens is 295 g/mol. The van der Waals surface area contributed by atoms with Crippen molar-refractivity contribution in [2.24, 2.45) is 5.73 Å². The smallest absolute Gasteiger partial charge is 0.145 e. The van der Waals surface area contributed by atoms with E-state index in [1.54, 1.807) is 18.2 Å². The maximum absolute atomic E-state index is 9.06. The largest absolute Gasteiger partial charge is 0.456 e. The van der Waals surface area contributed by atoms with E-state index >= 15 is 0 Å². The van der Waals surface area contributed by atoms with Gasteiger partial charge in [0.25, 0.3) is 0 Å². The van der Waals surface area contributed by atoms with Crippen molar-refractivity contribution in [2.45, 2.75) is 13.0 Å². The predicted octanol–water partition coefficient (Wildman–Crippen LogP) is 4.45. The molecule has 0 heterocycles. The van der Waals surface area contributed by atoms with Gasteiger partial charge in [0.15, 0.2) is 0 Å². The summed E-state index contributed by atoms with van der Waals surface area (Å²) in [6.07, 6.45) is 0. The number of halogens is 2. The molecule has 0 aliphatic heterocycles. The number of ether oxygens (including phenoxy) is 1. The van der Waals surface area contributed by atoms with E-state index in [9.17, 15) is 0 Å². The van der Waals surface area contributed by atoms with Crippen LogP contribution in [-0.4, -0.2) is 0 Å². The summed E-state index contributed by atoms with van der Waals surface area (Å²) >= 11 is 5.84. The highest BCUT2D eigenvalue weighted by Crippen LogP contribution is 2.28. The molecular formula is C15H14Cl2N2O. The van der Waals surface area contributed by atoms with Crippen LogP contribution in [0.3, 0.4) is 0 Å². The lowest BCUT2D eigenvalue weighted by Gasteiger charge is -2.10. The first-order valence-electron chi connectivity index (χ1n) is 5.83. The van der Waals surface area contributed by atoms with E-state index < -0.39 is 0 Å². The minimum Gasteiger partial charge on any atom is -0.456 e. The molecule has 1 unspecified atom stereocenters. The summed E-state index contributed by atoms with van der Waals surface area (Å²) in [6, 6.07) is 14.4. The van der Waals surface area contributed by atoms with E-state index in [0.717, 1.165) is 5.56 Å². The van der Waals surface area contributed by atoms with E-state index in [2.05, 4.69) is 6.07 Å². The number of nitriles is 1. The van der Waals surface area contributed by atoms with Crippen LogP contribution >= 0.6 is 24.0 Å². The first kappa shape index (κ1) is 16.3. The minimum atomic E-state index is -0.0656. The van der Waals surface area contributed by atoms with Crippen molar-refractivity contribution >= 4 is 24.0 Å². The van der Waals surface area contributed by atoms with Gasteiger partial charge in [-0.15, -0.1) is 12.4 Å². The van der Waals surface area contributed by atoms with Gasteiger partial charge in [-0.05, 0) is 42.8 Å². The second kappa shape index (κ2) is 7.16. The highest BCUT2D eigenvalue weighted by atomic mass is 35.5. The molecule has 0 saturated heterocycles. The molecule has 3 nitrogen and oxygen atoms in total. The lowest BCUT2D eigenvalue weighted by atomic mass is 10.1. The molecule has 0 spiro atoms. The first-order valence-corrected chi connectivity index (χ1v) is 6.21. The van der Waals surface area contributed by atoms with Gasteiger partial charge < -0.3 is 10.5 Å². The van der Waals surface area contributed by atoms with Crippen LogP contribution in [0.5, 0.6) is 11.5 Å². The van der Waals surface area contributed by atoms with Crippen LogP contribution in [0.2, 0.25) is 5.02 Å². The van der Waals surface area contributed by atoms with Crippen molar-refractivity contribution in [2.75, 3.05) is 0 Å². The average molecular weight is 309 g/mol. The Hall–Kier alpha value is -1.73. The third kappa shape index (κ3) is 3.88. The van der Waals surface area contributed by atoms with Crippen molar-refractivity contribution in [1.29, 1.82) is 5.26 Å². The maximum atomic E-state index is 9.06. The van der Waals surface area contributed by atoms with E-state index in [-0.39, 0.29) is 18.4 Å². The van der Waals surface area contributed by atoms with E-state index in [4.69, 9.17) is 27.3 Å². The Bertz CT molecular complexity index is 636. The van der Waals surface area contributed by atoms with Crippen molar-refractivity contribution in [3.8, 4) is 17.6 Å². The van der Waals surface area contributed by atoms with Crippen LogP contribution in [0.1, 0.15) is 24.1 Å². The van der Waals surface area contributed by atoms with Crippen molar-refractivity contribution in [3.05, 3.63) is 58.6 Å². The molecule has 0 aliphatic carbocycles. The third-order valence-electron chi connectivity index (χ3n) is 2.67. The Balaban J connectivity index is 0.00000200. The van der Waals surface area contributed by atoms with E-state index in [1.165, 1.54) is 0 Å². The standard InChI is InChI=1S/C15H13ClN2O.ClH/c1-10(18)11-3-2-4-14(8-11)19-15-6-5-13(16)7-12(15)9-17;/h2-8,10H,18H2,1H3;1H.